The van der Waals surface area contributed by atoms with Crippen molar-refractivity contribution in [2.75, 3.05) is 19.6 Å². The van der Waals surface area contributed by atoms with E-state index in [1.165, 1.54) is 12.1 Å². The first kappa shape index (κ1) is 29.6. The number of halogens is 3. The fourth-order valence-corrected chi connectivity index (χ4v) is 5.01. The van der Waals surface area contributed by atoms with Crippen LogP contribution in [0.1, 0.15) is 51.6 Å². The molecule has 4 nitrogen and oxygen atoms in total. The first-order valence-corrected chi connectivity index (χ1v) is 13.8. The normalized spacial score (nSPS) is 20.9. The van der Waals surface area contributed by atoms with Crippen LogP contribution in [0.3, 0.4) is 0 Å². The van der Waals surface area contributed by atoms with E-state index < -0.39 is 14.7 Å². The van der Waals surface area contributed by atoms with Crippen LogP contribution in [-0.2, 0) is 4.43 Å². The van der Waals surface area contributed by atoms with Gasteiger partial charge in [-0.15, -0.1) is 13.2 Å². The lowest BCUT2D eigenvalue weighted by Crippen LogP contribution is -2.44. The zero-order chi connectivity index (χ0) is 22.2. The van der Waals surface area contributed by atoms with E-state index in [1.54, 1.807) is 6.07 Å². The van der Waals surface area contributed by atoms with Gasteiger partial charge in [0.1, 0.15) is 5.75 Å². The molecule has 2 fully saturated rings. The van der Waals surface area contributed by atoms with E-state index >= 15 is 0 Å². The van der Waals surface area contributed by atoms with E-state index in [9.17, 15) is 13.2 Å². The third-order valence-electron chi connectivity index (χ3n) is 6.45. The highest BCUT2D eigenvalue weighted by Gasteiger charge is 2.41. The summed E-state index contributed by atoms with van der Waals surface area (Å²) in [5.41, 5.74) is 0.831. The second-order valence-corrected chi connectivity index (χ2v) is 14.9. The fourth-order valence-electron chi connectivity index (χ4n) is 3.63. The zero-order valence-electron chi connectivity index (χ0n) is 19.7. The molecular weight excluding hydrogens is 473 g/mol. The number of nitrogens with one attached hydrogen (secondary N) is 1. The smallest absolute Gasteiger partial charge is 0.413 e. The second kappa shape index (κ2) is 11.4. The molecule has 32 heavy (non-hydrogen) atoms. The van der Waals surface area contributed by atoms with Gasteiger partial charge in [-0.05, 0) is 55.1 Å². The van der Waals surface area contributed by atoms with Crippen LogP contribution in [0.2, 0.25) is 18.1 Å². The van der Waals surface area contributed by atoms with Crippen LogP contribution < -0.4 is 10.1 Å². The lowest BCUT2D eigenvalue weighted by atomic mass is 10.1. The van der Waals surface area contributed by atoms with E-state index in [1.807, 2.05) is 6.07 Å². The van der Waals surface area contributed by atoms with Crippen molar-refractivity contribution in [2.24, 2.45) is 0 Å². The van der Waals surface area contributed by atoms with Gasteiger partial charge in [0.25, 0.3) is 0 Å². The Bertz CT molecular complexity index is 728. The summed E-state index contributed by atoms with van der Waals surface area (Å²) in [6, 6.07) is 6.79. The predicted molar refractivity (Wildman–Crippen MR) is 136 cm³/mol. The van der Waals surface area contributed by atoms with E-state index in [0.717, 1.165) is 44.5 Å². The van der Waals surface area contributed by atoms with E-state index in [4.69, 9.17) is 4.43 Å². The largest absolute Gasteiger partial charge is 0.573 e. The summed E-state index contributed by atoms with van der Waals surface area (Å²) in [7, 11) is -1.82. The van der Waals surface area contributed by atoms with Crippen molar-refractivity contribution in [1.29, 1.82) is 0 Å². The molecule has 1 N–H and O–H groups in total. The molecule has 1 aromatic carbocycles. The Kier molecular flexibility index (Phi) is 10.5. The van der Waals surface area contributed by atoms with Gasteiger partial charge in [0, 0.05) is 31.7 Å². The van der Waals surface area contributed by atoms with Crippen molar-refractivity contribution in [3.63, 3.8) is 0 Å². The molecule has 1 heterocycles. The molecule has 0 unspecified atom stereocenters. The van der Waals surface area contributed by atoms with Crippen molar-refractivity contribution in [2.45, 2.75) is 82.7 Å². The molecule has 0 aromatic heterocycles. The molecule has 0 spiro atoms. The lowest BCUT2D eigenvalue weighted by molar-refractivity contribution is -0.274. The molecular formula is C22H39F3N2O2S2Si. The minimum absolute atomic E-state index is 0. The summed E-state index contributed by atoms with van der Waals surface area (Å²) in [5.74, 6) is -0.164. The molecule has 0 bridgehead atoms. The minimum Gasteiger partial charge on any atom is -0.413 e. The van der Waals surface area contributed by atoms with E-state index in [-0.39, 0.29) is 49.9 Å². The number of nitrogens with zero attached hydrogens (tertiary/aromatic N) is 1. The minimum atomic E-state index is -4.68. The summed E-state index contributed by atoms with van der Waals surface area (Å²) in [6.45, 7) is 13.9. The molecule has 2 aliphatic rings. The molecule has 1 aliphatic heterocycles. The predicted octanol–water partition coefficient (Wildman–Crippen LogP) is 5.70. The second-order valence-electron chi connectivity index (χ2n) is 10.2. The lowest BCUT2D eigenvalue weighted by Gasteiger charge is -2.38. The van der Waals surface area contributed by atoms with Crippen LogP contribution in [0.4, 0.5) is 13.2 Å². The van der Waals surface area contributed by atoms with Crippen molar-refractivity contribution in [3.05, 3.63) is 29.8 Å². The monoisotopic (exact) mass is 512 g/mol. The molecule has 1 saturated carbocycles. The molecule has 1 aliphatic carbocycles. The van der Waals surface area contributed by atoms with Crippen LogP contribution in [0.15, 0.2) is 24.3 Å². The van der Waals surface area contributed by atoms with Gasteiger partial charge in [-0.25, -0.2) is 0 Å². The Balaban J connectivity index is 0.00000256. The first-order chi connectivity index (χ1) is 13.8. The summed E-state index contributed by atoms with van der Waals surface area (Å²) < 4.78 is 48.6. The van der Waals surface area contributed by atoms with Gasteiger partial charge in [-0.3, -0.25) is 4.90 Å². The SMILES string of the molecule is CC(C)(C)[Si](C)(C)O[C@@H]1CCN(C[C@@H](NC2CC2)c2cccc(OC(F)(F)F)c2)C1.S.S. The number of hydrogen-bond donors (Lipinski definition) is 1. The Morgan fingerprint density at radius 3 is 2.34 bits per heavy atom. The fraction of sp³-hybridized carbons (Fsp3) is 0.727. The average Bonchev–Trinajstić information content (AvgIpc) is 3.30. The van der Waals surface area contributed by atoms with E-state index in [0.29, 0.717) is 6.04 Å². The Morgan fingerprint density at radius 2 is 1.78 bits per heavy atom. The highest BCUT2D eigenvalue weighted by atomic mass is 32.1. The highest BCUT2D eigenvalue weighted by molar-refractivity contribution is 7.59. The molecule has 1 saturated heterocycles. The van der Waals surface area contributed by atoms with Crippen molar-refractivity contribution in [3.8, 4) is 5.75 Å². The van der Waals surface area contributed by atoms with Crippen LogP contribution in [0, 0.1) is 0 Å². The van der Waals surface area contributed by atoms with Crippen molar-refractivity contribution < 1.29 is 22.3 Å². The summed E-state index contributed by atoms with van der Waals surface area (Å²) in [6.07, 6.45) is -1.22. The zero-order valence-corrected chi connectivity index (χ0v) is 22.7. The number of rotatable bonds is 8. The average molecular weight is 513 g/mol. The van der Waals surface area contributed by atoms with Crippen LogP contribution >= 0.6 is 27.0 Å². The Morgan fingerprint density at radius 1 is 1.12 bits per heavy atom. The summed E-state index contributed by atoms with van der Waals surface area (Å²) in [4.78, 5) is 2.37. The molecule has 0 radical (unpaired) electrons. The summed E-state index contributed by atoms with van der Waals surface area (Å²) in [5, 5.41) is 3.78. The number of alkyl halides is 3. The van der Waals surface area contributed by atoms with Gasteiger partial charge >= 0.3 is 6.36 Å². The van der Waals surface area contributed by atoms with Crippen LogP contribution in [0.25, 0.3) is 0 Å². The number of benzene rings is 1. The third-order valence-corrected chi connectivity index (χ3v) is 11.0. The van der Waals surface area contributed by atoms with Crippen LogP contribution in [0.5, 0.6) is 5.75 Å². The topological polar surface area (TPSA) is 33.7 Å². The number of hydrogen-bond acceptors (Lipinski definition) is 4. The highest BCUT2D eigenvalue weighted by Crippen LogP contribution is 2.38. The maximum atomic E-state index is 12.6. The van der Waals surface area contributed by atoms with Crippen LogP contribution in [-0.4, -0.2) is 51.4 Å². The van der Waals surface area contributed by atoms with Crippen molar-refractivity contribution in [1.82, 2.24) is 10.2 Å². The van der Waals surface area contributed by atoms with Gasteiger partial charge in [0.2, 0.25) is 0 Å². The molecule has 1 aromatic rings. The van der Waals surface area contributed by atoms with Gasteiger partial charge in [-0.1, -0.05) is 32.9 Å². The molecule has 3 rings (SSSR count). The Hall–Kier alpha value is -0.393. The van der Waals surface area contributed by atoms with E-state index in [2.05, 4.69) is 48.8 Å². The standard InChI is InChI=1S/C22H35F3N2O2Si.2H2S/c1-21(2,3)30(4,5)29-19-11-12-27(14-19)15-20(26-17-9-10-17)16-7-6-8-18(13-16)28-22(23,24)25;;/h6-8,13,17,19-20,26H,9-12,14-15H2,1-5H3;2*1H2/t19-,20-;;/m1../s1. The maximum Gasteiger partial charge on any atom is 0.573 e. The quantitative estimate of drug-likeness (QED) is 0.453. The van der Waals surface area contributed by atoms with Gasteiger partial charge < -0.3 is 14.5 Å². The molecule has 186 valence electrons. The van der Waals surface area contributed by atoms with Gasteiger partial charge in [0.15, 0.2) is 8.32 Å². The first-order valence-electron chi connectivity index (χ1n) is 10.8. The van der Waals surface area contributed by atoms with Gasteiger partial charge in [-0.2, -0.15) is 27.0 Å². The van der Waals surface area contributed by atoms with Crippen molar-refractivity contribution >= 4 is 35.3 Å². The molecule has 10 heteroatoms. The third kappa shape index (κ3) is 8.75. The number of likely N-dealkylation sites (tertiary alicyclic amines) is 1. The summed E-state index contributed by atoms with van der Waals surface area (Å²) >= 11 is 0. The number of ether oxygens (including phenoxy) is 1. The molecule has 0 amide bonds. The Labute approximate surface area is 205 Å². The maximum absolute atomic E-state index is 12.6. The van der Waals surface area contributed by atoms with Gasteiger partial charge in [0.05, 0.1) is 6.10 Å². The molecule has 2 atom stereocenters.